The van der Waals surface area contributed by atoms with Crippen molar-refractivity contribution in [2.75, 3.05) is 5.32 Å². The quantitative estimate of drug-likeness (QED) is 0.872. The lowest BCUT2D eigenvalue weighted by Crippen LogP contribution is -2.20. The van der Waals surface area contributed by atoms with Crippen LogP contribution < -0.4 is 5.32 Å². The van der Waals surface area contributed by atoms with Gasteiger partial charge in [-0.25, -0.2) is 4.39 Å². The summed E-state index contributed by atoms with van der Waals surface area (Å²) in [6, 6.07) is 14.0. The Kier molecular flexibility index (Phi) is 3.69. The summed E-state index contributed by atoms with van der Waals surface area (Å²) < 4.78 is 12.7. The fourth-order valence-corrected chi connectivity index (χ4v) is 1.53. The number of hydrogen-bond acceptors (Lipinski definition) is 2. The van der Waals surface area contributed by atoms with Crippen LogP contribution in [0.1, 0.15) is 11.7 Å². The van der Waals surface area contributed by atoms with Crippen molar-refractivity contribution in [1.29, 1.82) is 0 Å². The second-order valence-corrected chi connectivity index (χ2v) is 3.81. The fourth-order valence-electron chi connectivity index (χ4n) is 1.53. The summed E-state index contributed by atoms with van der Waals surface area (Å²) in [5, 5.41) is 12.3. The van der Waals surface area contributed by atoms with E-state index in [1.807, 2.05) is 0 Å². The molecule has 0 saturated carbocycles. The van der Waals surface area contributed by atoms with E-state index in [9.17, 15) is 14.3 Å². The molecule has 0 aliphatic carbocycles. The third-order valence-corrected chi connectivity index (χ3v) is 2.48. The first-order valence-corrected chi connectivity index (χ1v) is 5.46. The maximum Gasteiger partial charge on any atom is 0.257 e. The molecule has 0 aliphatic rings. The number of carbonyl (C=O) groups is 1. The van der Waals surface area contributed by atoms with Crippen LogP contribution in [0.25, 0.3) is 0 Å². The second kappa shape index (κ2) is 5.42. The molecule has 1 amide bonds. The lowest BCUT2D eigenvalue weighted by molar-refractivity contribution is -0.124. The molecule has 3 nitrogen and oxygen atoms in total. The van der Waals surface area contributed by atoms with Gasteiger partial charge in [0.25, 0.3) is 5.91 Å². The van der Waals surface area contributed by atoms with Crippen LogP contribution in [0.5, 0.6) is 0 Å². The summed E-state index contributed by atoms with van der Waals surface area (Å²) in [7, 11) is 0. The minimum Gasteiger partial charge on any atom is -0.378 e. The van der Waals surface area contributed by atoms with E-state index in [4.69, 9.17) is 0 Å². The summed E-state index contributed by atoms with van der Waals surface area (Å²) in [4.78, 5) is 11.7. The van der Waals surface area contributed by atoms with Crippen molar-refractivity contribution in [1.82, 2.24) is 0 Å². The maximum atomic E-state index is 12.7. The highest BCUT2D eigenvalue weighted by Gasteiger charge is 2.16. The number of nitrogens with one attached hydrogen (secondary N) is 1. The molecule has 0 spiro atoms. The van der Waals surface area contributed by atoms with E-state index in [1.54, 1.807) is 30.3 Å². The highest BCUT2D eigenvalue weighted by atomic mass is 19.1. The Balaban J connectivity index is 2.06. The molecule has 0 unspecified atom stereocenters. The Bertz CT molecular complexity index is 525. The molecule has 0 aliphatic heterocycles. The number of amides is 1. The van der Waals surface area contributed by atoms with Crippen molar-refractivity contribution < 1.29 is 14.3 Å². The lowest BCUT2D eigenvalue weighted by atomic mass is 10.1. The van der Waals surface area contributed by atoms with Crippen molar-refractivity contribution in [3.05, 3.63) is 66.0 Å². The van der Waals surface area contributed by atoms with Crippen LogP contribution in [-0.4, -0.2) is 11.0 Å². The molecule has 0 radical (unpaired) electrons. The zero-order valence-corrected chi connectivity index (χ0v) is 9.51. The van der Waals surface area contributed by atoms with E-state index in [1.165, 1.54) is 24.3 Å². The van der Waals surface area contributed by atoms with Gasteiger partial charge in [-0.2, -0.15) is 0 Å². The van der Waals surface area contributed by atoms with Gasteiger partial charge in [0, 0.05) is 5.69 Å². The third-order valence-electron chi connectivity index (χ3n) is 2.48. The Morgan fingerprint density at radius 3 is 2.28 bits per heavy atom. The molecule has 18 heavy (non-hydrogen) atoms. The van der Waals surface area contributed by atoms with Crippen LogP contribution in [0, 0.1) is 5.82 Å². The number of anilines is 1. The Labute approximate surface area is 104 Å². The van der Waals surface area contributed by atoms with Gasteiger partial charge in [-0.15, -0.1) is 0 Å². The van der Waals surface area contributed by atoms with Crippen LogP contribution >= 0.6 is 0 Å². The standard InChI is InChI=1S/C14H12FNO2/c15-11-6-8-12(9-7-11)16-14(18)13(17)10-4-2-1-3-5-10/h1-9,13,17H,(H,16,18)/t13-/m1/s1. The number of halogens is 1. The molecule has 2 rings (SSSR count). The van der Waals surface area contributed by atoms with E-state index in [0.29, 0.717) is 11.3 Å². The van der Waals surface area contributed by atoms with Gasteiger partial charge in [-0.1, -0.05) is 30.3 Å². The third kappa shape index (κ3) is 2.93. The molecular formula is C14H12FNO2. The highest BCUT2D eigenvalue weighted by Crippen LogP contribution is 2.15. The topological polar surface area (TPSA) is 49.3 Å². The van der Waals surface area contributed by atoms with Crippen LogP contribution in [0.2, 0.25) is 0 Å². The van der Waals surface area contributed by atoms with Crippen molar-refractivity contribution >= 4 is 11.6 Å². The maximum absolute atomic E-state index is 12.7. The molecule has 0 saturated heterocycles. The van der Waals surface area contributed by atoms with Gasteiger partial charge in [-0.3, -0.25) is 4.79 Å². The van der Waals surface area contributed by atoms with Crippen LogP contribution in [-0.2, 0) is 4.79 Å². The summed E-state index contributed by atoms with van der Waals surface area (Å²) >= 11 is 0. The number of hydrogen-bond donors (Lipinski definition) is 2. The molecule has 0 bridgehead atoms. The molecule has 4 heteroatoms. The largest absolute Gasteiger partial charge is 0.378 e. The first kappa shape index (κ1) is 12.3. The molecule has 1 atom stereocenters. The van der Waals surface area contributed by atoms with Crippen molar-refractivity contribution in [3.63, 3.8) is 0 Å². The molecule has 0 aromatic heterocycles. The van der Waals surface area contributed by atoms with Gasteiger partial charge in [-0.05, 0) is 29.8 Å². The Morgan fingerprint density at radius 2 is 1.67 bits per heavy atom. The first-order valence-electron chi connectivity index (χ1n) is 5.46. The van der Waals surface area contributed by atoms with Gasteiger partial charge in [0.05, 0.1) is 0 Å². The van der Waals surface area contributed by atoms with Gasteiger partial charge < -0.3 is 10.4 Å². The van der Waals surface area contributed by atoms with Crippen LogP contribution in [0.4, 0.5) is 10.1 Å². The Morgan fingerprint density at radius 1 is 1.06 bits per heavy atom. The molecule has 2 aromatic rings. The number of carbonyl (C=O) groups excluding carboxylic acids is 1. The van der Waals surface area contributed by atoms with Gasteiger partial charge in [0.15, 0.2) is 6.10 Å². The van der Waals surface area contributed by atoms with Crippen molar-refractivity contribution in [2.24, 2.45) is 0 Å². The first-order chi connectivity index (χ1) is 8.66. The average molecular weight is 245 g/mol. The highest BCUT2D eigenvalue weighted by molar-refractivity contribution is 5.94. The SMILES string of the molecule is O=C(Nc1ccc(F)cc1)[C@H](O)c1ccccc1. The van der Waals surface area contributed by atoms with E-state index >= 15 is 0 Å². The lowest BCUT2D eigenvalue weighted by Gasteiger charge is -2.11. The van der Waals surface area contributed by atoms with Crippen molar-refractivity contribution in [2.45, 2.75) is 6.10 Å². The average Bonchev–Trinajstić information content (AvgIpc) is 2.41. The molecule has 0 fully saturated rings. The predicted octanol–water partition coefficient (Wildman–Crippen LogP) is 2.50. The van der Waals surface area contributed by atoms with Gasteiger partial charge in [0.2, 0.25) is 0 Å². The van der Waals surface area contributed by atoms with Gasteiger partial charge >= 0.3 is 0 Å². The van der Waals surface area contributed by atoms with E-state index in [2.05, 4.69) is 5.32 Å². The normalized spacial score (nSPS) is 11.9. The zero-order valence-electron chi connectivity index (χ0n) is 9.51. The molecule has 0 heterocycles. The van der Waals surface area contributed by atoms with E-state index in [0.717, 1.165) is 0 Å². The van der Waals surface area contributed by atoms with E-state index in [-0.39, 0.29) is 5.82 Å². The fraction of sp³-hybridized carbons (Fsp3) is 0.0714. The minimum atomic E-state index is -1.24. The van der Waals surface area contributed by atoms with E-state index < -0.39 is 12.0 Å². The summed E-state index contributed by atoms with van der Waals surface area (Å²) in [6.45, 7) is 0. The van der Waals surface area contributed by atoms with Crippen LogP contribution in [0.3, 0.4) is 0 Å². The second-order valence-electron chi connectivity index (χ2n) is 3.81. The monoisotopic (exact) mass is 245 g/mol. The summed E-state index contributed by atoms with van der Waals surface area (Å²) in [5.41, 5.74) is 0.952. The molecule has 92 valence electrons. The number of rotatable bonds is 3. The summed E-state index contributed by atoms with van der Waals surface area (Å²) in [5.74, 6) is -0.926. The summed E-state index contributed by atoms with van der Waals surface area (Å²) in [6.07, 6.45) is -1.24. The molecular weight excluding hydrogens is 233 g/mol. The smallest absolute Gasteiger partial charge is 0.257 e. The number of benzene rings is 2. The van der Waals surface area contributed by atoms with Crippen molar-refractivity contribution in [3.8, 4) is 0 Å². The number of aliphatic hydroxyl groups is 1. The number of aliphatic hydroxyl groups excluding tert-OH is 1. The van der Waals surface area contributed by atoms with Gasteiger partial charge in [0.1, 0.15) is 5.82 Å². The minimum absolute atomic E-state index is 0.378. The van der Waals surface area contributed by atoms with Crippen LogP contribution in [0.15, 0.2) is 54.6 Å². The molecule has 2 N–H and O–H groups in total. The Hall–Kier alpha value is -2.20. The zero-order chi connectivity index (χ0) is 13.0. The predicted molar refractivity (Wildman–Crippen MR) is 66.4 cm³/mol. The molecule has 2 aromatic carbocycles.